The molecule has 0 bridgehead atoms. The van der Waals surface area contributed by atoms with Crippen molar-refractivity contribution in [3.63, 3.8) is 0 Å². The molecule has 6 nitrogen and oxygen atoms in total. The lowest BCUT2D eigenvalue weighted by molar-refractivity contribution is 0.310. The molecular weight excluding hydrogens is 296 g/mol. The summed E-state index contributed by atoms with van der Waals surface area (Å²) in [5.41, 5.74) is 1.94. The summed E-state index contributed by atoms with van der Waals surface area (Å²) in [6.07, 6.45) is 1.93. The molecule has 0 saturated carbocycles. The SMILES string of the molecule is Cc1nc2c(-c3cccs3)cnc(N3CCN(C)CC3)n2n1. The zero-order valence-electron chi connectivity index (χ0n) is 12.7. The molecule has 0 unspecified atom stereocenters. The van der Waals surface area contributed by atoms with Crippen LogP contribution in [-0.2, 0) is 0 Å². The van der Waals surface area contributed by atoms with Gasteiger partial charge < -0.3 is 9.80 Å². The molecule has 0 radical (unpaired) electrons. The number of hydrogen-bond acceptors (Lipinski definition) is 6. The fourth-order valence-corrected chi connectivity index (χ4v) is 3.52. The number of aryl methyl sites for hydroxylation is 1. The third kappa shape index (κ3) is 2.26. The highest BCUT2D eigenvalue weighted by Crippen LogP contribution is 2.29. The summed E-state index contributed by atoms with van der Waals surface area (Å²) in [6, 6.07) is 4.15. The number of thiophene rings is 1. The van der Waals surface area contributed by atoms with Crippen LogP contribution in [0.15, 0.2) is 23.7 Å². The Balaban J connectivity index is 1.82. The smallest absolute Gasteiger partial charge is 0.228 e. The van der Waals surface area contributed by atoms with Gasteiger partial charge >= 0.3 is 0 Å². The Morgan fingerprint density at radius 1 is 1.18 bits per heavy atom. The molecule has 0 amide bonds. The topological polar surface area (TPSA) is 49.6 Å². The average Bonchev–Trinajstić information content (AvgIpc) is 3.15. The summed E-state index contributed by atoms with van der Waals surface area (Å²) in [7, 11) is 2.15. The van der Waals surface area contributed by atoms with Gasteiger partial charge in [0.15, 0.2) is 5.65 Å². The van der Waals surface area contributed by atoms with Crippen LogP contribution in [0.4, 0.5) is 5.95 Å². The predicted molar refractivity (Wildman–Crippen MR) is 88.5 cm³/mol. The second kappa shape index (κ2) is 5.33. The summed E-state index contributed by atoms with van der Waals surface area (Å²) in [5, 5.41) is 6.64. The fourth-order valence-electron chi connectivity index (χ4n) is 2.79. The van der Waals surface area contributed by atoms with Crippen LogP contribution in [0.1, 0.15) is 5.82 Å². The highest BCUT2D eigenvalue weighted by Gasteiger charge is 2.21. The fraction of sp³-hybridized carbons (Fsp3) is 0.400. The lowest BCUT2D eigenvalue weighted by atomic mass is 10.2. The molecule has 114 valence electrons. The van der Waals surface area contributed by atoms with Crippen molar-refractivity contribution < 1.29 is 0 Å². The predicted octanol–water partition coefficient (Wildman–Crippen LogP) is 1.91. The van der Waals surface area contributed by atoms with Gasteiger partial charge in [-0.2, -0.15) is 4.52 Å². The van der Waals surface area contributed by atoms with Crippen molar-refractivity contribution in [3.8, 4) is 10.4 Å². The van der Waals surface area contributed by atoms with E-state index in [-0.39, 0.29) is 0 Å². The molecule has 0 atom stereocenters. The number of hydrogen-bond donors (Lipinski definition) is 0. The molecule has 0 N–H and O–H groups in total. The highest BCUT2D eigenvalue weighted by atomic mass is 32.1. The van der Waals surface area contributed by atoms with E-state index in [1.807, 2.05) is 23.7 Å². The summed E-state index contributed by atoms with van der Waals surface area (Å²) in [6.45, 7) is 5.96. The maximum Gasteiger partial charge on any atom is 0.228 e. The van der Waals surface area contributed by atoms with Crippen LogP contribution < -0.4 is 4.90 Å². The third-order valence-corrected chi connectivity index (χ3v) is 4.93. The molecule has 7 heteroatoms. The molecule has 1 aliphatic rings. The van der Waals surface area contributed by atoms with E-state index in [2.05, 4.69) is 38.4 Å². The van der Waals surface area contributed by atoms with Crippen LogP contribution in [0, 0.1) is 6.92 Å². The van der Waals surface area contributed by atoms with Gasteiger partial charge in [0, 0.05) is 37.3 Å². The van der Waals surface area contributed by atoms with E-state index in [4.69, 9.17) is 4.98 Å². The lowest BCUT2D eigenvalue weighted by Crippen LogP contribution is -2.45. The van der Waals surface area contributed by atoms with Gasteiger partial charge in [0.05, 0.1) is 5.56 Å². The first kappa shape index (κ1) is 13.7. The Labute approximate surface area is 133 Å². The van der Waals surface area contributed by atoms with Crippen LogP contribution in [0.2, 0.25) is 0 Å². The van der Waals surface area contributed by atoms with Crippen molar-refractivity contribution in [2.75, 3.05) is 38.1 Å². The molecule has 0 spiro atoms. The lowest BCUT2D eigenvalue weighted by Gasteiger charge is -2.32. The number of anilines is 1. The molecule has 3 aromatic heterocycles. The van der Waals surface area contributed by atoms with Crippen molar-refractivity contribution in [3.05, 3.63) is 29.5 Å². The molecule has 1 fully saturated rings. The molecule has 0 aliphatic carbocycles. The first-order valence-corrected chi connectivity index (χ1v) is 8.30. The van der Waals surface area contributed by atoms with Crippen LogP contribution >= 0.6 is 11.3 Å². The Bertz CT molecular complexity index is 786. The van der Waals surface area contributed by atoms with Crippen LogP contribution in [-0.4, -0.2) is 57.7 Å². The van der Waals surface area contributed by atoms with E-state index in [1.165, 1.54) is 4.88 Å². The van der Waals surface area contributed by atoms with Gasteiger partial charge in [0.1, 0.15) is 5.82 Å². The molecular formula is C15H18N6S. The van der Waals surface area contributed by atoms with Crippen LogP contribution in [0.25, 0.3) is 16.1 Å². The number of nitrogens with zero attached hydrogens (tertiary/aromatic N) is 6. The molecule has 3 aromatic rings. The maximum absolute atomic E-state index is 4.70. The highest BCUT2D eigenvalue weighted by molar-refractivity contribution is 7.13. The van der Waals surface area contributed by atoms with E-state index in [0.29, 0.717) is 0 Å². The molecule has 4 heterocycles. The first-order chi connectivity index (χ1) is 10.7. The van der Waals surface area contributed by atoms with Gasteiger partial charge in [-0.05, 0) is 25.4 Å². The zero-order chi connectivity index (χ0) is 15.1. The van der Waals surface area contributed by atoms with Crippen LogP contribution in [0.3, 0.4) is 0 Å². The Kier molecular flexibility index (Phi) is 3.31. The normalized spacial score (nSPS) is 16.5. The molecule has 0 aromatic carbocycles. The average molecular weight is 314 g/mol. The van der Waals surface area contributed by atoms with Gasteiger partial charge in [0.25, 0.3) is 0 Å². The number of likely N-dealkylation sites (N-methyl/N-ethyl adjacent to an activating group) is 1. The second-order valence-electron chi connectivity index (χ2n) is 5.63. The van der Waals surface area contributed by atoms with E-state index in [1.54, 1.807) is 11.3 Å². The van der Waals surface area contributed by atoms with E-state index in [0.717, 1.165) is 49.2 Å². The maximum atomic E-state index is 4.70. The van der Waals surface area contributed by atoms with E-state index < -0.39 is 0 Å². The Morgan fingerprint density at radius 2 is 2.00 bits per heavy atom. The largest absolute Gasteiger partial charge is 0.338 e. The summed E-state index contributed by atoms with van der Waals surface area (Å²) in [4.78, 5) is 15.1. The van der Waals surface area contributed by atoms with E-state index in [9.17, 15) is 0 Å². The number of rotatable bonds is 2. The van der Waals surface area contributed by atoms with Crippen molar-refractivity contribution in [1.82, 2.24) is 24.5 Å². The Hall–Kier alpha value is -1.99. The van der Waals surface area contributed by atoms with Gasteiger partial charge in [-0.15, -0.1) is 16.4 Å². The van der Waals surface area contributed by atoms with Crippen molar-refractivity contribution >= 4 is 22.9 Å². The summed E-state index contributed by atoms with van der Waals surface area (Å²) >= 11 is 1.70. The summed E-state index contributed by atoms with van der Waals surface area (Å²) in [5.74, 6) is 1.67. The van der Waals surface area contributed by atoms with Gasteiger partial charge in [-0.25, -0.2) is 9.97 Å². The minimum Gasteiger partial charge on any atom is -0.338 e. The van der Waals surface area contributed by atoms with Crippen molar-refractivity contribution in [2.24, 2.45) is 0 Å². The minimum absolute atomic E-state index is 0.779. The second-order valence-corrected chi connectivity index (χ2v) is 6.58. The van der Waals surface area contributed by atoms with Crippen molar-refractivity contribution in [2.45, 2.75) is 6.92 Å². The number of piperazine rings is 1. The molecule has 4 rings (SSSR count). The van der Waals surface area contributed by atoms with Gasteiger partial charge in [-0.3, -0.25) is 0 Å². The first-order valence-electron chi connectivity index (χ1n) is 7.42. The third-order valence-electron chi connectivity index (χ3n) is 4.03. The Morgan fingerprint density at radius 3 is 2.73 bits per heavy atom. The summed E-state index contributed by atoms with van der Waals surface area (Å²) < 4.78 is 1.90. The minimum atomic E-state index is 0.779. The monoisotopic (exact) mass is 314 g/mol. The van der Waals surface area contributed by atoms with Gasteiger partial charge in [-0.1, -0.05) is 6.07 Å². The quantitative estimate of drug-likeness (QED) is 0.723. The van der Waals surface area contributed by atoms with E-state index >= 15 is 0 Å². The standard InChI is InChI=1S/C15H18N6S/c1-11-17-14-12(13-4-3-9-22-13)10-16-15(21(14)18-11)20-7-5-19(2)6-8-20/h3-4,9-10H,5-8H2,1-2H3. The molecule has 22 heavy (non-hydrogen) atoms. The van der Waals surface area contributed by atoms with Crippen molar-refractivity contribution in [1.29, 1.82) is 0 Å². The van der Waals surface area contributed by atoms with Gasteiger partial charge in [0.2, 0.25) is 5.95 Å². The molecule has 1 saturated heterocycles. The number of aromatic nitrogens is 4. The number of fused-ring (bicyclic) bond motifs is 1. The van der Waals surface area contributed by atoms with Crippen LogP contribution in [0.5, 0.6) is 0 Å². The zero-order valence-corrected chi connectivity index (χ0v) is 13.5. The molecule has 1 aliphatic heterocycles.